The van der Waals surface area contributed by atoms with E-state index < -0.39 is 11.3 Å². The SMILES string of the molecule is CC(C)(C(=O)NCCCCCC(=O)NO)c1ccc(F)cc1. The summed E-state index contributed by atoms with van der Waals surface area (Å²) in [6.07, 6.45) is 2.46. The molecule has 122 valence electrons. The predicted molar refractivity (Wildman–Crippen MR) is 80.8 cm³/mol. The normalized spacial score (nSPS) is 11.1. The van der Waals surface area contributed by atoms with Crippen molar-refractivity contribution in [3.63, 3.8) is 0 Å². The summed E-state index contributed by atoms with van der Waals surface area (Å²) in [7, 11) is 0. The molecule has 22 heavy (non-hydrogen) atoms. The van der Waals surface area contributed by atoms with E-state index in [9.17, 15) is 14.0 Å². The average Bonchev–Trinajstić information content (AvgIpc) is 2.50. The lowest BCUT2D eigenvalue weighted by molar-refractivity contribution is -0.129. The van der Waals surface area contributed by atoms with E-state index in [1.165, 1.54) is 12.1 Å². The Morgan fingerprint density at radius 2 is 1.77 bits per heavy atom. The van der Waals surface area contributed by atoms with Gasteiger partial charge >= 0.3 is 0 Å². The van der Waals surface area contributed by atoms with Crippen LogP contribution in [0.15, 0.2) is 24.3 Å². The van der Waals surface area contributed by atoms with Gasteiger partial charge in [-0.1, -0.05) is 18.6 Å². The van der Waals surface area contributed by atoms with Gasteiger partial charge in [0.15, 0.2) is 0 Å². The van der Waals surface area contributed by atoms with Crippen molar-refractivity contribution in [2.24, 2.45) is 0 Å². The quantitative estimate of drug-likeness (QED) is 0.391. The Morgan fingerprint density at radius 3 is 2.36 bits per heavy atom. The first-order valence-corrected chi connectivity index (χ1v) is 7.35. The molecule has 0 aromatic heterocycles. The van der Waals surface area contributed by atoms with E-state index in [0.29, 0.717) is 13.0 Å². The van der Waals surface area contributed by atoms with Crippen molar-refractivity contribution in [3.8, 4) is 0 Å². The molecule has 1 aromatic rings. The number of benzene rings is 1. The van der Waals surface area contributed by atoms with Crippen LogP contribution in [-0.4, -0.2) is 23.6 Å². The largest absolute Gasteiger partial charge is 0.355 e. The second kappa shape index (κ2) is 8.48. The number of rotatable bonds is 8. The van der Waals surface area contributed by atoms with Crippen LogP contribution in [-0.2, 0) is 15.0 Å². The number of carbonyl (C=O) groups excluding carboxylic acids is 2. The van der Waals surface area contributed by atoms with Gasteiger partial charge in [-0.05, 0) is 44.4 Å². The molecule has 0 aliphatic carbocycles. The van der Waals surface area contributed by atoms with Crippen LogP contribution < -0.4 is 10.8 Å². The molecule has 0 saturated carbocycles. The number of unbranched alkanes of at least 4 members (excludes halogenated alkanes) is 2. The summed E-state index contributed by atoms with van der Waals surface area (Å²) in [5.41, 5.74) is 1.60. The summed E-state index contributed by atoms with van der Waals surface area (Å²) in [6.45, 7) is 4.10. The molecule has 1 rings (SSSR count). The zero-order valence-corrected chi connectivity index (χ0v) is 13.0. The highest BCUT2D eigenvalue weighted by atomic mass is 19.1. The average molecular weight is 310 g/mol. The van der Waals surface area contributed by atoms with Gasteiger partial charge in [-0.25, -0.2) is 9.87 Å². The monoisotopic (exact) mass is 310 g/mol. The van der Waals surface area contributed by atoms with Crippen molar-refractivity contribution >= 4 is 11.8 Å². The van der Waals surface area contributed by atoms with Crippen LogP contribution in [0.4, 0.5) is 4.39 Å². The third-order valence-electron chi connectivity index (χ3n) is 3.62. The lowest BCUT2D eigenvalue weighted by atomic mass is 9.83. The third-order valence-corrected chi connectivity index (χ3v) is 3.62. The standard InChI is InChI=1S/C16H23FN2O3/c1-16(2,12-7-9-13(17)10-8-12)15(21)18-11-5-3-4-6-14(20)19-22/h7-10,22H,3-6,11H2,1-2H3,(H,18,21)(H,19,20). The first-order valence-electron chi connectivity index (χ1n) is 7.35. The van der Waals surface area contributed by atoms with E-state index in [4.69, 9.17) is 5.21 Å². The number of hydroxylamine groups is 1. The number of amides is 2. The van der Waals surface area contributed by atoms with Gasteiger partial charge in [0, 0.05) is 13.0 Å². The Morgan fingerprint density at radius 1 is 1.14 bits per heavy atom. The van der Waals surface area contributed by atoms with Crippen LogP contribution in [0.25, 0.3) is 0 Å². The molecule has 0 radical (unpaired) electrons. The van der Waals surface area contributed by atoms with Crippen LogP contribution in [0.3, 0.4) is 0 Å². The molecule has 3 N–H and O–H groups in total. The minimum Gasteiger partial charge on any atom is -0.355 e. The minimum absolute atomic E-state index is 0.118. The Hall–Kier alpha value is -1.95. The summed E-state index contributed by atoms with van der Waals surface area (Å²) in [4.78, 5) is 23.0. The Labute approximate surface area is 129 Å². The molecule has 0 unspecified atom stereocenters. The Balaban J connectivity index is 2.35. The van der Waals surface area contributed by atoms with Crippen LogP contribution in [0.5, 0.6) is 0 Å². The number of carbonyl (C=O) groups is 2. The number of hydrogen-bond acceptors (Lipinski definition) is 3. The van der Waals surface area contributed by atoms with Gasteiger partial charge in [-0.15, -0.1) is 0 Å². The maximum absolute atomic E-state index is 12.9. The van der Waals surface area contributed by atoms with Gasteiger partial charge < -0.3 is 5.32 Å². The zero-order valence-electron chi connectivity index (χ0n) is 13.0. The first kappa shape index (κ1) is 18.1. The fourth-order valence-corrected chi connectivity index (χ4v) is 2.06. The maximum atomic E-state index is 12.9. The molecular weight excluding hydrogens is 287 g/mol. The van der Waals surface area contributed by atoms with Gasteiger partial charge in [0.25, 0.3) is 0 Å². The van der Waals surface area contributed by atoms with Crippen LogP contribution in [0.1, 0.15) is 45.1 Å². The van der Waals surface area contributed by atoms with Gasteiger partial charge in [-0.3, -0.25) is 14.8 Å². The van der Waals surface area contributed by atoms with E-state index in [0.717, 1.165) is 18.4 Å². The molecule has 0 bridgehead atoms. The molecule has 0 heterocycles. The number of halogens is 1. The van der Waals surface area contributed by atoms with Crippen molar-refractivity contribution in [1.82, 2.24) is 10.8 Å². The van der Waals surface area contributed by atoms with E-state index in [1.54, 1.807) is 31.5 Å². The smallest absolute Gasteiger partial charge is 0.243 e. The van der Waals surface area contributed by atoms with E-state index >= 15 is 0 Å². The van der Waals surface area contributed by atoms with Crippen LogP contribution >= 0.6 is 0 Å². The summed E-state index contributed by atoms with van der Waals surface area (Å²) >= 11 is 0. The molecule has 0 atom stereocenters. The fraction of sp³-hybridized carbons (Fsp3) is 0.500. The summed E-state index contributed by atoms with van der Waals surface area (Å²) in [6, 6.07) is 5.91. The highest BCUT2D eigenvalue weighted by Gasteiger charge is 2.29. The molecule has 0 fully saturated rings. The van der Waals surface area contributed by atoms with Gasteiger partial charge in [0.05, 0.1) is 5.41 Å². The lowest BCUT2D eigenvalue weighted by Crippen LogP contribution is -2.40. The predicted octanol–water partition coefficient (Wildman–Crippen LogP) is 2.29. The fourth-order valence-electron chi connectivity index (χ4n) is 2.06. The topological polar surface area (TPSA) is 78.4 Å². The second-order valence-corrected chi connectivity index (χ2v) is 5.73. The highest BCUT2D eigenvalue weighted by Crippen LogP contribution is 2.23. The molecule has 1 aromatic carbocycles. The summed E-state index contributed by atoms with van der Waals surface area (Å²) < 4.78 is 12.9. The van der Waals surface area contributed by atoms with Gasteiger partial charge in [0.2, 0.25) is 11.8 Å². The molecule has 6 heteroatoms. The van der Waals surface area contributed by atoms with E-state index in [2.05, 4.69) is 5.32 Å². The third kappa shape index (κ3) is 5.44. The van der Waals surface area contributed by atoms with E-state index in [1.807, 2.05) is 0 Å². The molecule has 0 spiro atoms. The van der Waals surface area contributed by atoms with Crippen molar-refractivity contribution < 1.29 is 19.2 Å². The Bertz CT molecular complexity index is 501. The Kier molecular flexibility index (Phi) is 6.98. The first-order chi connectivity index (χ1) is 10.4. The summed E-state index contributed by atoms with van der Waals surface area (Å²) in [5.74, 6) is -0.847. The molecule has 0 aliphatic heterocycles. The van der Waals surface area contributed by atoms with E-state index in [-0.39, 0.29) is 18.1 Å². The second-order valence-electron chi connectivity index (χ2n) is 5.73. The van der Waals surface area contributed by atoms with Crippen molar-refractivity contribution in [1.29, 1.82) is 0 Å². The molecule has 0 saturated heterocycles. The summed E-state index contributed by atoms with van der Waals surface area (Å²) in [5, 5.41) is 11.2. The molecule has 2 amide bonds. The highest BCUT2D eigenvalue weighted by molar-refractivity contribution is 5.87. The van der Waals surface area contributed by atoms with Gasteiger partial charge in [0.1, 0.15) is 5.82 Å². The zero-order chi connectivity index (χ0) is 16.6. The molecule has 5 nitrogen and oxygen atoms in total. The van der Waals surface area contributed by atoms with Crippen molar-refractivity contribution in [2.75, 3.05) is 6.54 Å². The molecular formula is C16H23FN2O3. The number of hydrogen-bond donors (Lipinski definition) is 3. The van der Waals surface area contributed by atoms with Crippen LogP contribution in [0, 0.1) is 5.82 Å². The van der Waals surface area contributed by atoms with Crippen LogP contribution in [0.2, 0.25) is 0 Å². The van der Waals surface area contributed by atoms with Gasteiger partial charge in [-0.2, -0.15) is 0 Å². The maximum Gasteiger partial charge on any atom is 0.243 e. The molecule has 0 aliphatic rings. The lowest BCUT2D eigenvalue weighted by Gasteiger charge is -2.24. The van der Waals surface area contributed by atoms with Crippen molar-refractivity contribution in [2.45, 2.75) is 44.9 Å². The minimum atomic E-state index is -0.732. The van der Waals surface area contributed by atoms with Crippen molar-refractivity contribution in [3.05, 3.63) is 35.6 Å². The number of nitrogens with one attached hydrogen (secondary N) is 2.